The van der Waals surface area contributed by atoms with Gasteiger partial charge in [0, 0.05) is 17.2 Å². The third-order valence-electron chi connectivity index (χ3n) is 4.47. The average molecular weight is 363 g/mol. The fraction of sp³-hybridized carbons (Fsp3) is 0.227. The SMILES string of the molecule is CCOc1ccc(/C=C2\CCC/C(=C\c3ccccc3[N+](=O)[O-])C2=O)cc1. The van der Waals surface area contributed by atoms with Crippen molar-refractivity contribution >= 4 is 23.6 Å². The van der Waals surface area contributed by atoms with E-state index >= 15 is 0 Å². The zero-order valence-electron chi connectivity index (χ0n) is 15.2. The molecule has 2 aromatic carbocycles. The molecule has 1 saturated carbocycles. The van der Waals surface area contributed by atoms with Crippen LogP contribution in [0.3, 0.4) is 0 Å². The molecular formula is C22H21NO4. The Morgan fingerprint density at radius 2 is 1.70 bits per heavy atom. The van der Waals surface area contributed by atoms with E-state index < -0.39 is 4.92 Å². The Kier molecular flexibility index (Phi) is 5.81. The molecule has 27 heavy (non-hydrogen) atoms. The third kappa shape index (κ3) is 4.50. The number of carbonyl (C=O) groups excluding carboxylic acids is 1. The Morgan fingerprint density at radius 3 is 2.37 bits per heavy atom. The summed E-state index contributed by atoms with van der Waals surface area (Å²) in [6.07, 6.45) is 5.74. The zero-order valence-corrected chi connectivity index (χ0v) is 15.2. The first-order valence-corrected chi connectivity index (χ1v) is 9.00. The van der Waals surface area contributed by atoms with Gasteiger partial charge in [0.2, 0.25) is 0 Å². The Labute approximate surface area is 158 Å². The van der Waals surface area contributed by atoms with Crippen LogP contribution in [0.1, 0.15) is 37.3 Å². The number of ketones is 1. The fourth-order valence-electron chi connectivity index (χ4n) is 3.17. The number of nitro benzene ring substituents is 1. The van der Waals surface area contributed by atoms with Crippen LogP contribution >= 0.6 is 0 Å². The highest BCUT2D eigenvalue weighted by atomic mass is 16.6. The minimum Gasteiger partial charge on any atom is -0.494 e. The van der Waals surface area contributed by atoms with E-state index in [1.807, 2.05) is 37.3 Å². The van der Waals surface area contributed by atoms with Gasteiger partial charge in [-0.25, -0.2) is 0 Å². The maximum Gasteiger partial charge on any atom is 0.276 e. The van der Waals surface area contributed by atoms with Crippen molar-refractivity contribution in [2.45, 2.75) is 26.2 Å². The van der Waals surface area contributed by atoms with Gasteiger partial charge in [0.1, 0.15) is 5.75 Å². The van der Waals surface area contributed by atoms with Gasteiger partial charge in [0.05, 0.1) is 17.1 Å². The van der Waals surface area contributed by atoms with Crippen molar-refractivity contribution in [2.75, 3.05) is 6.61 Å². The van der Waals surface area contributed by atoms with Crippen LogP contribution in [-0.2, 0) is 4.79 Å². The van der Waals surface area contributed by atoms with Gasteiger partial charge < -0.3 is 4.74 Å². The van der Waals surface area contributed by atoms with E-state index in [9.17, 15) is 14.9 Å². The standard InChI is InChI=1S/C22H21NO4/c1-2-27-20-12-10-16(11-13-20)14-18-7-5-8-19(22(18)24)15-17-6-3-4-9-21(17)23(25)26/h3-4,6,9-15H,2,5,7-8H2,1H3/b18-14+,19-15+. The molecule has 0 radical (unpaired) electrons. The summed E-state index contributed by atoms with van der Waals surface area (Å²) in [5, 5.41) is 11.2. The molecular weight excluding hydrogens is 342 g/mol. The molecule has 1 aliphatic carbocycles. The lowest BCUT2D eigenvalue weighted by Crippen LogP contribution is -2.12. The van der Waals surface area contributed by atoms with E-state index in [0.717, 1.165) is 23.3 Å². The first kappa shape index (κ1) is 18.6. The molecule has 0 heterocycles. The number of hydrogen-bond donors (Lipinski definition) is 0. The number of hydrogen-bond acceptors (Lipinski definition) is 4. The van der Waals surface area contributed by atoms with Crippen molar-refractivity contribution in [2.24, 2.45) is 0 Å². The number of Topliss-reactive ketones (excluding diaryl/α,β-unsaturated/α-hetero) is 1. The second kappa shape index (κ2) is 8.45. The summed E-state index contributed by atoms with van der Waals surface area (Å²) in [6.45, 7) is 2.54. The molecule has 0 spiro atoms. The van der Waals surface area contributed by atoms with Crippen molar-refractivity contribution in [1.29, 1.82) is 0 Å². The normalized spacial score (nSPS) is 17.3. The lowest BCUT2D eigenvalue weighted by atomic mass is 9.86. The van der Waals surface area contributed by atoms with Crippen LogP contribution in [0.5, 0.6) is 5.75 Å². The minimum absolute atomic E-state index is 0.0143. The van der Waals surface area contributed by atoms with Gasteiger partial charge in [-0.1, -0.05) is 24.3 Å². The number of carbonyl (C=O) groups is 1. The highest BCUT2D eigenvalue weighted by Gasteiger charge is 2.22. The topological polar surface area (TPSA) is 69.4 Å². The van der Waals surface area contributed by atoms with Gasteiger partial charge in [0.15, 0.2) is 5.78 Å². The summed E-state index contributed by atoms with van der Waals surface area (Å²) in [4.78, 5) is 23.6. The van der Waals surface area contributed by atoms with Crippen LogP contribution in [-0.4, -0.2) is 17.3 Å². The third-order valence-corrected chi connectivity index (χ3v) is 4.47. The van der Waals surface area contributed by atoms with Crippen LogP contribution in [0.25, 0.3) is 12.2 Å². The Balaban J connectivity index is 1.86. The molecule has 5 heteroatoms. The maximum atomic E-state index is 12.9. The fourth-order valence-corrected chi connectivity index (χ4v) is 3.17. The number of ether oxygens (including phenoxy) is 1. The van der Waals surface area contributed by atoms with Crippen molar-refractivity contribution in [3.05, 3.63) is 80.9 Å². The Bertz CT molecular complexity index is 910. The van der Waals surface area contributed by atoms with Gasteiger partial charge in [0.25, 0.3) is 5.69 Å². The van der Waals surface area contributed by atoms with Gasteiger partial charge in [-0.05, 0) is 62.1 Å². The van der Waals surface area contributed by atoms with Gasteiger partial charge >= 0.3 is 0 Å². The molecule has 2 aromatic rings. The number of nitro groups is 1. The molecule has 1 fully saturated rings. The summed E-state index contributed by atoms with van der Waals surface area (Å²) in [5.74, 6) is 0.764. The molecule has 0 aromatic heterocycles. The molecule has 138 valence electrons. The molecule has 0 amide bonds. The zero-order chi connectivity index (χ0) is 19.2. The van der Waals surface area contributed by atoms with Gasteiger partial charge in [-0.15, -0.1) is 0 Å². The van der Waals surface area contributed by atoms with Crippen molar-refractivity contribution in [3.63, 3.8) is 0 Å². The number of benzene rings is 2. The molecule has 0 saturated heterocycles. The lowest BCUT2D eigenvalue weighted by molar-refractivity contribution is -0.385. The second-order valence-electron chi connectivity index (χ2n) is 6.34. The molecule has 0 N–H and O–H groups in total. The number of rotatable bonds is 5. The number of para-hydroxylation sites is 1. The molecule has 1 aliphatic rings. The maximum absolute atomic E-state index is 12.9. The van der Waals surface area contributed by atoms with Crippen LogP contribution in [0.15, 0.2) is 59.7 Å². The van der Waals surface area contributed by atoms with Crippen LogP contribution < -0.4 is 4.74 Å². The van der Waals surface area contributed by atoms with Crippen LogP contribution in [0.4, 0.5) is 5.69 Å². The van der Waals surface area contributed by atoms with E-state index in [0.29, 0.717) is 30.6 Å². The monoisotopic (exact) mass is 363 g/mol. The largest absolute Gasteiger partial charge is 0.494 e. The molecule has 0 bridgehead atoms. The molecule has 0 aliphatic heterocycles. The highest BCUT2D eigenvalue weighted by Crippen LogP contribution is 2.30. The summed E-state index contributed by atoms with van der Waals surface area (Å²) < 4.78 is 5.43. The summed E-state index contributed by atoms with van der Waals surface area (Å²) >= 11 is 0. The highest BCUT2D eigenvalue weighted by molar-refractivity contribution is 6.14. The molecule has 5 nitrogen and oxygen atoms in total. The van der Waals surface area contributed by atoms with Gasteiger partial charge in [-0.2, -0.15) is 0 Å². The van der Waals surface area contributed by atoms with Crippen molar-refractivity contribution in [3.8, 4) is 5.75 Å². The van der Waals surface area contributed by atoms with E-state index in [4.69, 9.17) is 4.74 Å². The van der Waals surface area contributed by atoms with Crippen LogP contribution in [0, 0.1) is 10.1 Å². The van der Waals surface area contributed by atoms with Crippen molar-refractivity contribution < 1.29 is 14.5 Å². The van der Waals surface area contributed by atoms with Gasteiger partial charge in [-0.3, -0.25) is 14.9 Å². The number of nitrogens with zero attached hydrogens (tertiary/aromatic N) is 1. The molecule has 0 unspecified atom stereocenters. The smallest absolute Gasteiger partial charge is 0.276 e. The van der Waals surface area contributed by atoms with E-state index in [1.54, 1.807) is 24.3 Å². The summed E-state index contributed by atoms with van der Waals surface area (Å²) in [5.41, 5.74) is 2.77. The minimum atomic E-state index is -0.420. The van der Waals surface area contributed by atoms with Crippen molar-refractivity contribution in [1.82, 2.24) is 0 Å². The van der Waals surface area contributed by atoms with E-state index in [1.165, 1.54) is 6.07 Å². The molecule has 3 rings (SSSR count). The first-order valence-electron chi connectivity index (χ1n) is 9.00. The summed E-state index contributed by atoms with van der Waals surface area (Å²) in [6, 6.07) is 14.1. The second-order valence-corrected chi connectivity index (χ2v) is 6.34. The first-order chi connectivity index (χ1) is 13.1. The molecule has 0 atom stereocenters. The van der Waals surface area contributed by atoms with Crippen LogP contribution in [0.2, 0.25) is 0 Å². The lowest BCUT2D eigenvalue weighted by Gasteiger charge is -2.16. The average Bonchev–Trinajstić information content (AvgIpc) is 2.67. The predicted molar refractivity (Wildman–Crippen MR) is 106 cm³/mol. The summed E-state index contributed by atoms with van der Waals surface area (Å²) in [7, 11) is 0. The van der Waals surface area contributed by atoms with E-state index in [-0.39, 0.29) is 11.5 Å². The quantitative estimate of drug-likeness (QED) is 0.415. The predicted octanol–water partition coefficient (Wildman–Crippen LogP) is 5.21. The Hall–Kier alpha value is -3.21. The van der Waals surface area contributed by atoms with E-state index in [2.05, 4.69) is 0 Å². The number of allylic oxidation sites excluding steroid dienone is 2. The Morgan fingerprint density at radius 1 is 1.04 bits per heavy atom.